The van der Waals surface area contributed by atoms with Crippen LogP contribution in [-0.2, 0) is 0 Å². The Labute approximate surface area is 284 Å². The predicted molar refractivity (Wildman–Crippen MR) is 201 cm³/mol. The highest BCUT2D eigenvalue weighted by molar-refractivity contribution is 6.27. The van der Waals surface area contributed by atoms with E-state index in [-0.39, 0.29) is 5.92 Å². The fourth-order valence-corrected chi connectivity index (χ4v) is 8.09. The van der Waals surface area contributed by atoms with Gasteiger partial charge >= 0.3 is 0 Å². The molecule has 2 unspecified atom stereocenters. The monoisotopic (exact) mass is 629 g/mol. The normalized spacial score (nSPS) is 18.0. The van der Waals surface area contributed by atoms with Crippen molar-refractivity contribution in [2.24, 2.45) is 0 Å². The molecule has 0 N–H and O–H groups in total. The van der Waals surface area contributed by atoms with E-state index in [1.807, 2.05) is 36.4 Å². The van der Waals surface area contributed by atoms with E-state index in [1.54, 1.807) is 0 Å². The molecule has 2 aromatic heterocycles. The number of hydrogen-bond acceptors (Lipinski definition) is 4. The van der Waals surface area contributed by atoms with E-state index in [4.69, 9.17) is 15.0 Å². The Kier molecular flexibility index (Phi) is 6.00. The highest BCUT2D eigenvalue weighted by Crippen LogP contribution is 2.59. The van der Waals surface area contributed by atoms with Crippen LogP contribution in [0, 0.1) is 0 Å². The number of aromatic nitrogens is 4. The Balaban J connectivity index is 1.39. The highest BCUT2D eigenvalue weighted by atomic mass is 15.3. The van der Waals surface area contributed by atoms with Gasteiger partial charge in [-0.25, -0.2) is 4.98 Å². The lowest BCUT2D eigenvalue weighted by atomic mass is 9.79. The molecule has 10 rings (SSSR count). The van der Waals surface area contributed by atoms with Crippen LogP contribution in [0.15, 0.2) is 164 Å². The van der Waals surface area contributed by atoms with Gasteiger partial charge in [-0.1, -0.05) is 146 Å². The van der Waals surface area contributed by atoms with Gasteiger partial charge in [-0.2, -0.15) is 9.97 Å². The third-order valence-corrected chi connectivity index (χ3v) is 10.2. The van der Waals surface area contributed by atoms with Crippen molar-refractivity contribution in [3.8, 4) is 28.5 Å². The molecule has 5 heteroatoms. The van der Waals surface area contributed by atoms with Crippen molar-refractivity contribution in [2.75, 3.05) is 4.90 Å². The van der Waals surface area contributed by atoms with Crippen LogP contribution in [0.4, 0.5) is 11.6 Å². The van der Waals surface area contributed by atoms with Gasteiger partial charge in [-0.3, -0.25) is 4.90 Å². The van der Waals surface area contributed by atoms with E-state index in [1.165, 1.54) is 32.6 Å². The zero-order chi connectivity index (χ0) is 32.5. The lowest BCUT2D eigenvalue weighted by Gasteiger charge is -2.38. The third kappa shape index (κ3) is 4.02. The molecule has 1 aliphatic carbocycles. The molecule has 1 aliphatic heterocycles. The molecule has 8 aromatic rings. The first-order valence-electron chi connectivity index (χ1n) is 16.8. The molecule has 2 aliphatic rings. The van der Waals surface area contributed by atoms with Gasteiger partial charge in [0, 0.05) is 33.5 Å². The van der Waals surface area contributed by atoms with Gasteiger partial charge in [0.25, 0.3) is 0 Å². The van der Waals surface area contributed by atoms with E-state index in [0.717, 1.165) is 28.0 Å². The second kappa shape index (κ2) is 10.6. The molecule has 0 saturated carbocycles. The fourth-order valence-electron chi connectivity index (χ4n) is 8.09. The number of fused-ring (bicyclic) bond motifs is 10. The van der Waals surface area contributed by atoms with Crippen LogP contribution in [0.5, 0.6) is 0 Å². The second-order valence-corrected chi connectivity index (χ2v) is 13.0. The van der Waals surface area contributed by atoms with E-state index in [0.29, 0.717) is 17.6 Å². The molecule has 0 saturated heterocycles. The fraction of sp³-hybridized carbons (Fsp3) is 0.0682. The van der Waals surface area contributed by atoms with Crippen molar-refractivity contribution >= 4 is 44.2 Å². The van der Waals surface area contributed by atoms with Crippen LogP contribution < -0.4 is 4.90 Å². The number of allylic oxidation sites excluding steroid dienone is 2. The van der Waals surface area contributed by atoms with Crippen molar-refractivity contribution in [3.63, 3.8) is 0 Å². The minimum absolute atomic E-state index is 0.0566. The van der Waals surface area contributed by atoms with E-state index >= 15 is 0 Å². The number of benzene rings is 6. The molecule has 3 heterocycles. The maximum absolute atomic E-state index is 5.33. The largest absolute Gasteiger partial charge is 0.307 e. The molecule has 232 valence electrons. The van der Waals surface area contributed by atoms with Crippen LogP contribution in [0.2, 0.25) is 0 Å². The SMILES string of the molecule is CC12C=CC=CC1c1c(c3c(c4ccccc14)c1ccccc1n3-c1ccccc1)N2c1nc(-c2ccccc2)nc(-c2ccccc2)n1. The average molecular weight is 630 g/mol. The maximum Gasteiger partial charge on any atom is 0.234 e. The van der Waals surface area contributed by atoms with Crippen molar-refractivity contribution in [1.29, 1.82) is 0 Å². The van der Waals surface area contributed by atoms with Gasteiger partial charge in [-0.15, -0.1) is 0 Å². The van der Waals surface area contributed by atoms with Crippen LogP contribution in [0.1, 0.15) is 18.4 Å². The van der Waals surface area contributed by atoms with Gasteiger partial charge in [0.15, 0.2) is 11.6 Å². The van der Waals surface area contributed by atoms with Gasteiger partial charge in [0.2, 0.25) is 5.95 Å². The molecular formula is C44H31N5. The van der Waals surface area contributed by atoms with Gasteiger partial charge in [-0.05, 0) is 41.5 Å². The molecule has 0 bridgehead atoms. The van der Waals surface area contributed by atoms with Crippen LogP contribution >= 0.6 is 0 Å². The molecule has 49 heavy (non-hydrogen) atoms. The molecule has 5 nitrogen and oxygen atoms in total. The summed E-state index contributed by atoms with van der Waals surface area (Å²) in [6.07, 6.45) is 9.02. The topological polar surface area (TPSA) is 46.8 Å². The summed E-state index contributed by atoms with van der Waals surface area (Å²) in [5.41, 5.74) is 7.25. The summed E-state index contributed by atoms with van der Waals surface area (Å²) in [6, 6.07) is 48.8. The zero-order valence-electron chi connectivity index (χ0n) is 26.9. The predicted octanol–water partition coefficient (Wildman–Crippen LogP) is 10.6. The summed E-state index contributed by atoms with van der Waals surface area (Å²) in [4.78, 5) is 18.1. The standard InChI is InChI=1S/C44H31N5/c1-44-28-16-15-26-35(44)38-33-24-12-11-23-32(33)37-34-25-13-14-27-36(34)48(31-21-9-4-10-22-31)39(37)40(38)49(44)43-46-41(29-17-5-2-6-18-29)45-42(47-43)30-19-7-3-8-20-30/h2-28,35H,1H3. The summed E-state index contributed by atoms with van der Waals surface area (Å²) in [7, 11) is 0. The minimum Gasteiger partial charge on any atom is -0.307 e. The van der Waals surface area contributed by atoms with E-state index in [2.05, 4.69) is 144 Å². The quantitative estimate of drug-likeness (QED) is 0.194. The molecule has 6 aromatic carbocycles. The first-order valence-corrected chi connectivity index (χ1v) is 16.8. The van der Waals surface area contributed by atoms with Crippen LogP contribution in [0.25, 0.3) is 61.0 Å². The summed E-state index contributed by atoms with van der Waals surface area (Å²) in [6.45, 7) is 2.32. The number of rotatable bonds is 4. The smallest absolute Gasteiger partial charge is 0.234 e. The van der Waals surface area contributed by atoms with Crippen LogP contribution in [-0.4, -0.2) is 25.1 Å². The molecule has 0 fully saturated rings. The molecule has 0 spiro atoms. The summed E-state index contributed by atoms with van der Waals surface area (Å²) < 4.78 is 2.44. The van der Waals surface area contributed by atoms with Crippen molar-refractivity contribution in [3.05, 3.63) is 169 Å². The Morgan fingerprint density at radius 3 is 1.82 bits per heavy atom. The summed E-state index contributed by atoms with van der Waals surface area (Å²) in [5, 5.41) is 4.95. The lowest BCUT2D eigenvalue weighted by Crippen LogP contribution is -2.43. The molecule has 0 radical (unpaired) electrons. The number of anilines is 2. The highest BCUT2D eigenvalue weighted by Gasteiger charge is 2.51. The first kappa shape index (κ1) is 27.8. The summed E-state index contributed by atoms with van der Waals surface area (Å²) >= 11 is 0. The average Bonchev–Trinajstić information content (AvgIpc) is 3.66. The van der Waals surface area contributed by atoms with Crippen molar-refractivity contribution in [1.82, 2.24) is 19.5 Å². The Hall–Kier alpha value is -6.33. The number of nitrogens with zero attached hydrogens (tertiary/aromatic N) is 5. The Bertz CT molecular complexity index is 2560. The maximum atomic E-state index is 5.33. The van der Waals surface area contributed by atoms with Gasteiger partial charge < -0.3 is 4.57 Å². The Morgan fingerprint density at radius 1 is 0.571 bits per heavy atom. The summed E-state index contributed by atoms with van der Waals surface area (Å²) in [5.74, 6) is 1.98. The van der Waals surface area contributed by atoms with Crippen molar-refractivity contribution in [2.45, 2.75) is 18.4 Å². The van der Waals surface area contributed by atoms with Crippen LogP contribution in [0.3, 0.4) is 0 Å². The van der Waals surface area contributed by atoms with E-state index < -0.39 is 5.54 Å². The molecular weight excluding hydrogens is 599 g/mol. The number of hydrogen-bond donors (Lipinski definition) is 0. The lowest BCUT2D eigenvalue weighted by molar-refractivity contribution is 0.536. The van der Waals surface area contributed by atoms with E-state index in [9.17, 15) is 0 Å². The first-order chi connectivity index (χ1) is 24.2. The number of para-hydroxylation sites is 2. The molecule has 0 amide bonds. The Morgan fingerprint density at radius 2 is 1.14 bits per heavy atom. The third-order valence-electron chi connectivity index (χ3n) is 10.2. The zero-order valence-corrected chi connectivity index (χ0v) is 26.9. The van der Waals surface area contributed by atoms with Gasteiger partial charge in [0.05, 0.1) is 22.3 Å². The van der Waals surface area contributed by atoms with Gasteiger partial charge in [0.1, 0.15) is 0 Å². The minimum atomic E-state index is -0.491. The second-order valence-electron chi connectivity index (χ2n) is 13.0. The molecule has 2 atom stereocenters. The van der Waals surface area contributed by atoms with Crippen molar-refractivity contribution < 1.29 is 0 Å².